The van der Waals surface area contributed by atoms with Gasteiger partial charge in [0.15, 0.2) is 0 Å². The molecular formula is C12H18N2O2S. The van der Waals surface area contributed by atoms with Crippen LogP contribution in [0.25, 0.3) is 0 Å². The number of benzene rings is 1. The Morgan fingerprint density at radius 2 is 2.18 bits per heavy atom. The highest BCUT2D eigenvalue weighted by atomic mass is 32.1. The summed E-state index contributed by atoms with van der Waals surface area (Å²) in [5, 5.41) is 11.3. The molecule has 0 saturated heterocycles. The summed E-state index contributed by atoms with van der Waals surface area (Å²) >= 11 is 4.18. The molecule has 2 amide bonds. The molecule has 0 aromatic heterocycles. The zero-order valence-electron chi connectivity index (χ0n) is 10.1. The fraction of sp³-hybridized carbons (Fsp3) is 0.417. The molecule has 0 radical (unpaired) electrons. The molecule has 0 heterocycles. The second-order valence-corrected chi connectivity index (χ2v) is 4.31. The van der Waals surface area contributed by atoms with E-state index in [1.807, 2.05) is 32.0 Å². The average molecular weight is 254 g/mol. The lowest BCUT2D eigenvalue weighted by Gasteiger charge is -2.18. The number of hydrogen-bond donors (Lipinski definition) is 3. The zero-order chi connectivity index (χ0) is 12.8. The monoisotopic (exact) mass is 254 g/mol. The van der Waals surface area contributed by atoms with E-state index in [1.165, 1.54) is 4.31 Å². The van der Waals surface area contributed by atoms with Crippen LogP contribution in [-0.4, -0.2) is 24.3 Å². The summed E-state index contributed by atoms with van der Waals surface area (Å²) in [4.78, 5) is 11.7. The van der Waals surface area contributed by atoms with E-state index < -0.39 is 0 Å². The van der Waals surface area contributed by atoms with E-state index >= 15 is 0 Å². The minimum absolute atomic E-state index is 0.0659. The summed E-state index contributed by atoms with van der Waals surface area (Å²) in [6.07, 6.45) is 0.542. The number of thiol groups is 1. The molecule has 1 aromatic carbocycles. The normalized spacial score (nSPS) is 10.1. The number of aryl methyl sites for hydroxylation is 2. The molecule has 0 saturated carbocycles. The van der Waals surface area contributed by atoms with Crippen LogP contribution in [0.1, 0.15) is 17.5 Å². The molecule has 0 aliphatic carbocycles. The molecular weight excluding hydrogens is 236 g/mol. The van der Waals surface area contributed by atoms with E-state index in [2.05, 4.69) is 18.1 Å². The summed E-state index contributed by atoms with van der Waals surface area (Å²) in [6.45, 7) is 4.45. The topological polar surface area (TPSA) is 52.6 Å². The number of hydrogen-bond acceptors (Lipinski definition) is 3. The molecule has 4 nitrogen and oxygen atoms in total. The van der Waals surface area contributed by atoms with E-state index in [-0.39, 0.29) is 12.6 Å². The van der Waals surface area contributed by atoms with Crippen LogP contribution in [-0.2, 0) is 0 Å². The first-order valence-corrected chi connectivity index (χ1v) is 5.91. The fourth-order valence-corrected chi connectivity index (χ4v) is 1.80. The van der Waals surface area contributed by atoms with Crippen LogP contribution in [0.15, 0.2) is 18.2 Å². The molecule has 0 aliphatic rings. The van der Waals surface area contributed by atoms with Crippen molar-refractivity contribution in [1.29, 1.82) is 0 Å². The Hall–Kier alpha value is -1.20. The number of carbonyl (C=O) groups excluding carboxylic acids is 1. The first kappa shape index (κ1) is 13.9. The highest BCUT2D eigenvalue weighted by Gasteiger charge is 2.13. The molecule has 1 aromatic rings. The van der Waals surface area contributed by atoms with E-state index in [1.54, 1.807) is 0 Å². The lowest BCUT2D eigenvalue weighted by atomic mass is 10.1. The maximum absolute atomic E-state index is 11.7. The van der Waals surface area contributed by atoms with Crippen LogP contribution in [0, 0.1) is 13.8 Å². The number of anilines is 1. The van der Waals surface area contributed by atoms with Crippen LogP contribution in [0.2, 0.25) is 0 Å². The van der Waals surface area contributed by atoms with Gasteiger partial charge in [0.25, 0.3) is 0 Å². The summed E-state index contributed by atoms with van der Waals surface area (Å²) in [7, 11) is 0. The molecule has 94 valence electrons. The Morgan fingerprint density at radius 3 is 2.76 bits per heavy atom. The third kappa shape index (κ3) is 3.94. The van der Waals surface area contributed by atoms with E-state index in [0.717, 1.165) is 16.8 Å². The second kappa shape index (κ2) is 6.51. The van der Waals surface area contributed by atoms with Crippen LogP contribution in [0.3, 0.4) is 0 Å². The van der Waals surface area contributed by atoms with Crippen molar-refractivity contribution in [2.75, 3.05) is 17.5 Å². The summed E-state index contributed by atoms with van der Waals surface area (Å²) < 4.78 is 1.28. The van der Waals surface area contributed by atoms with Crippen molar-refractivity contribution in [3.63, 3.8) is 0 Å². The smallest absolute Gasteiger partial charge is 0.331 e. The number of aliphatic hydroxyl groups excluding tert-OH is 1. The lowest BCUT2D eigenvalue weighted by Crippen LogP contribution is -2.35. The van der Waals surface area contributed by atoms with Gasteiger partial charge in [-0.2, -0.15) is 0 Å². The predicted octanol–water partition coefficient (Wildman–Crippen LogP) is 2.05. The summed E-state index contributed by atoms with van der Waals surface area (Å²) in [5.74, 6) is 0. The predicted molar refractivity (Wildman–Crippen MR) is 72.5 cm³/mol. The Bertz CT molecular complexity index is 396. The van der Waals surface area contributed by atoms with Gasteiger partial charge in [0.2, 0.25) is 0 Å². The molecule has 0 aliphatic heterocycles. The van der Waals surface area contributed by atoms with Crippen molar-refractivity contribution < 1.29 is 9.90 Å². The van der Waals surface area contributed by atoms with Gasteiger partial charge < -0.3 is 10.4 Å². The van der Waals surface area contributed by atoms with Gasteiger partial charge in [-0.3, -0.25) is 0 Å². The van der Waals surface area contributed by atoms with Gasteiger partial charge >= 0.3 is 6.03 Å². The Balaban J connectivity index is 2.68. The molecule has 2 N–H and O–H groups in total. The van der Waals surface area contributed by atoms with Crippen molar-refractivity contribution >= 4 is 24.5 Å². The summed E-state index contributed by atoms with van der Waals surface area (Å²) in [5.41, 5.74) is 2.91. The Morgan fingerprint density at radius 1 is 1.47 bits per heavy atom. The van der Waals surface area contributed by atoms with Gasteiger partial charge in [0.1, 0.15) is 0 Å². The second-order valence-electron chi connectivity index (χ2n) is 3.91. The molecule has 0 fully saturated rings. The van der Waals surface area contributed by atoms with Crippen molar-refractivity contribution in [1.82, 2.24) is 5.32 Å². The number of nitrogens with zero attached hydrogens (tertiary/aromatic N) is 1. The van der Waals surface area contributed by atoms with Crippen LogP contribution >= 0.6 is 12.8 Å². The van der Waals surface area contributed by atoms with Gasteiger partial charge in [0.05, 0.1) is 5.69 Å². The standard InChI is InChI=1S/C12H18N2O2S/c1-9-4-5-11(10(2)8-9)14(17)12(16)13-6-3-7-15/h4-5,8,15,17H,3,6-7H2,1-2H3,(H,13,16). The molecule has 0 atom stereocenters. The molecule has 0 unspecified atom stereocenters. The number of amides is 2. The maximum atomic E-state index is 11.7. The summed E-state index contributed by atoms with van der Waals surface area (Å²) in [6, 6.07) is 5.52. The van der Waals surface area contributed by atoms with E-state index in [9.17, 15) is 4.79 Å². The number of nitrogens with one attached hydrogen (secondary N) is 1. The third-order valence-corrected chi connectivity index (χ3v) is 2.78. The quantitative estimate of drug-likeness (QED) is 0.569. The first-order valence-electron chi connectivity index (χ1n) is 5.51. The van der Waals surface area contributed by atoms with Crippen molar-refractivity contribution in [3.05, 3.63) is 29.3 Å². The van der Waals surface area contributed by atoms with Crippen molar-refractivity contribution in [2.24, 2.45) is 0 Å². The van der Waals surface area contributed by atoms with Crippen molar-refractivity contribution in [2.45, 2.75) is 20.3 Å². The number of carbonyl (C=O) groups is 1. The van der Waals surface area contributed by atoms with Gasteiger partial charge in [-0.1, -0.05) is 30.5 Å². The molecule has 1 rings (SSSR count). The largest absolute Gasteiger partial charge is 0.396 e. The fourth-order valence-electron chi connectivity index (χ4n) is 1.50. The maximum Gasteiger partial charge on any atom is 0.331 e. The highest BCUT2D eigenvalue weighted by molar-refractivity contribution is 7.82. The average Bonchev–Trinajstić information content (AvgIpc) is 2.28. The lowest BCUT2D eigenvalue weighted by molar-refractivity contribution is 0.246. The number of aliphatic hydroxyl groups is 1. The molecule has 5 heteroatoms. The van der Waals surface area contributed by atoms with Crippen molar-refractivity contribution in [3.8, 4) is 0 Å². The number of rotatable bonds is 4. The zero-order valence-corrected chi connectivity index (χ0v) is 11.0. The molecule has 0 spiro atoms. The van der Waals surface area contributed by atoms with Gasteiger partial charge in [-0.25, -0.2) is 9.10 Å². The van der Waals surface area contributed by atoms with Crippen LogP contribution in [0.4, 0.5) is 10.5 Å². The first-order chi connectivity index (χ1) is 8.06. The minimum atomic E-state index is -0.284. The van der Waals surface area contributed by atoms with Gasteiger partial charge in [-0.05, 0) is 31.9 Å². The van der Waals surface area contributed by atoms with Gasteiger partial charge in [-0.15, -0.1) is 0 Å². The number of urea groups is 1. The van der Waals surface area contributed by atoms with E-state index in [4.69, 9.17) is 5.11 Å². The van der Waals surface area contributed by atoms with Gasteiger partial charge in [0, 0.05) is 13.2 Å². The SMILES string of the molecule is Cc1ccc(N(S)C(=O)NCCCO)c(C)c1. The Labute approximate surface area is 107 Å². The third-order valence-electron chi connectivity index (χ3n) is 2.38. The van der Waals surface area contributed by atoms with Crippen LogP contribution in [0.5, 0.6) is 0 Å². The van der Waals surface area contributed by atoms with Crippen LogP contribution < -0.4 is 9.62 Å². The molecule has 17 heavy (non-hydrogen) atoms. The minimum Gasteiger partial charge on any atom is -0.396 e. The Kier molecular flexibility index (Phi) is 5.31. The molecule has 0 bridgehead atoms. The van der Waals surface area contributed by atoms with E-state index in [0.29, 0.717) is 13.0 Å². The highest BCUT2D eigenvalue weighted by Crippen LogP contribution is 2.22.